The van der Waals surface area contributed by atoms with E-state index in [4.69, 9.17) is 4.98 Å². The molecule has 2 unspecified atom stereocenters. The standard InChI is InChI=1S/C22H23N7S/c1-2-5-13(4-1)21-28-29-22(30-21)27-19-8-7-17-18(26-19)10-14(11-24-17)16-12-25-20-15(16)6-3-9-23-20/h3,6-13,21-22,28-29H,1-2,4-5H2,(H,23,25)(H,26,27). The van der Waals surface area contributed by atoms with Crippen molar-refractivity contribution in [2.24, 2.45) is 5.92 Å². The Kier molecular flexibility index (Phi) is 4.55. The van der Waals surface area contributed by atoms with E-state index in [9.17, 15) is 0 Å². The molecule has 0 aromatic carbocycles. The van der Waals surface area contributed by atoms with Crippen LogP contribution in [0.3, 0.4) is 0 Å². The van der Waals surface area contributed by atoms with Gasteiger partial charge in [-0.1, -0.05) is 24.6 Å². The van der Waals surface area contributed by atoms with Crippen LogP contribution in [-0.4, -0.2) is 30.8 Å². The number of aromatic nitrogens is 4. The highest BCUT2D eigenvalue weighted by Gasteiger charge is 2.32. The molecule has 8 heteroatoms. The summed E-state index contributed by atoms with van der Waals surface area (Å²) in [6.45, 7) is 0. The number of pyridine rings is 3. The van der Waals surface area contributed by atoms with E-state index < -0.39 is 0 Å². The van der Waals surface area contributed by atoms with Gasteiger partial charge in [0.05, 0.1) is 16.4 Å². The Labute approximate surface area is 178 Å². The molecule has 7 nitrogen and oxygen atoms in total. The van der Waals surface area contributed by atoms with Crippen LogP contribution in [0.5, 0.6) is 0 Å². The Morgan fingerprint density at radius 2 is 1.97 bits per heavy atom. The van der Waals surface area contributed by atoms with Crippen molar-refractivity contribution in [3.8, 4) is 11.1 Å². The maximum absolute atomic E-state index is 4.83. The minimum atomic E-state index is 0.108. The number of hydrogen-bond donors (Lipinski definition) is 4. The molecule has 152 valence electrons. The summed E-state index contributed by atoms with van der Waals surface area (Å²) in [6, 6.07) is 10.1. The molecule has 1 aliphatic carbocycles. The summed E-state index contributed by atoms with van der Waals surface area (Å²) < 4.78 is 0. The first-order chi connectivity index (χ1) is 14.8. The molecule has 0 amide bonds. The van der Waals surface area contributed by atoms with E-state index in [0.717, 1.165) is 44.9 Å². The number of nitrogens with zero attached hydrogens (tertiary/aromatic N) is 3. The number of anilines is 1. The lowest BCUT2D eigenvalue weighted by Crippen LogP contribution is -2.38. The zero-order valence-corrected chi connectivity index (χ0v) is 17.2. The van der Waals surface area contributed by atoms with Crippen molar-refractivity contribution in [2.75, 3.05) is 5.32 Å². The molecule has 4 N–H and O–H groups in total. The molecule has 2 aliphatic rings. The van der Waals surface area contributed by atoms with Crippen molar-refractivity contribution in [1.29, 1.82) is 0 Å². The lowest BCUT2D eigenvalue weighted by molar-refractivity contribution is 0.431. The van der Waals surface area contributed by atoms with E-state index in [1.165, 1.54) is 25.7 Å². The largest absolute Gasteiger partial charge is 0.346 e. The Bertz CT molecular complexity index is 1200. The van der Waals surface area contributed by atoms with Crippen molar-refractivity contribution in [2.45, 2.75) is 36.6 Å². The molecule has 4 aromatic rings. The first-order valence-electron chi connectivity index (χ1n) is 10.5. The van der Waals surface area contributed by atoms with Crippen LogP contribution >= 0.6 is 11.8 Å². The number of aromatic amines is 1. The van der Waals surface area contributed by atoms with Crippen molar-refractivity contribution in [3.05, 3.63) is 48.9 Å². The molecular weight excluding hydrogens is 394 g/mol. The summed E-state index contributed by atoms with van der Waals surface area (Å²) in [5.74, 6) is 1.61. The Hall–Kier alpha value is -2.68. The van der Waals surface area contributed by atoms with Crippen LogP contribution in [0.4, 0.5) is 5.82 Å². The third-order valence-corrected chi connectivity index (χ3v) is 7.35. The fourth-order valence-corrected chi connectivity index (χ4v) is 5.74. The van der Waals surface area contributed by atoms with E-state index in [0.29, 0.717) is 5.37 Å². The normalized spacial score (nSPS) is 22.3. The Morgan fingerprint density at radius 3 is 2.90 bits per heavy atom. The Balaban J connectivity index is 1.25. The first kappa shape index (κ1) is 18.1. The first-order valence-corrected chi connectivity index (χ1v) is 11.4. The van der Waals surface area contributed by atoms with Crippen molar-refractivity contribution in [1.82, 2.24) is 30.8 Å². The van der Waals surface area contributed by atoms with Crippen molar-refractivity contribution < 1.29 is 0 Å². The number of H-pyrrole nitrogens is 1. The molecule has 1 saturated carbocycles. The summed E-state index contributed by atoms with van der Waals surface area (Å²) in [4.78, 5) is 17.1. The van der Waals surface area contributed by atoms with Gasteiger partial charge in [0.25, 0.3) is 0 Å². The van der Waals surface area contributed by atoms with E-state index in [1.807, 2.05) is 42.4 Å². The number of fused-ring (bicyclic) bond motifs is 2. The molecule has 0 bridgehead atoms. The zero-order valence-electron chi connectivity index (χ0n) is 16.4. The van der Waals surface area contributed by atoms with Crippen LogP contribution < -0.4 is 16.2 Å². The van der Waals surface area contributed by atoms with E-state index >= 15 is 0 Å². The number of rotatable bonds is 4. The van der Waals surface area contributed by atoms with Gasteiger partial charge in [-0.3, -0.25) is 4.98 Å². The van der Waals surface area contributed by atoms with Gasteiger partial charge in [0, 0.05) is 35.1 Å². The molecule has 0 radical (unpaired) electrons. The average molecular weight is 418 g/mol. The van der Waals surface area contributed by atoms with Gasteiger partial charge in [0.2, 0.25) is 0 Å². The number of hydrogen-bond acceptors (Lipinski definition) is 7. The van der Waals surface area contributed by atoms with Crippen molar-refractivity contribution in [3.63, 3.8) is 0 Å². The fraction of sp³-hybridized carbons (Fsp3) is 0.318. The number of thioether (sulfide) groups is 1. The van der Waals surface area contributed by atoms with Gasteiger partial charge in [-0.2, -0.15) is 0 Å². The molecule has 4 aromatic heterocycles. The van der Waals surface area contributed by atoms with Gasteiger partial charge < -0.3 is 10.3 Å². The van der Waals surface area contributed by atoms with Crippen LogP contribution in [-0.2, 0) is 0 Å². The molecule has 2 fully saturated rings. The van der Waals surface area contributed by atoms with Gasteiger partial charge in [-0.05, 0) is 49.1 Å². The molecule has 2 atom stereocenters. The summed E-state index contributed by atoms with van der Waals surface area (Å²) in [5, 5.41) is 5.06. The van der Waals surface area contributed by atoms with Gasteiger partial charge in [-0.25, -0.2) is 20.8 Å². The smallest absolute Gasteiger partial charge is 0.141 e. The molecular formula is C22H23N7S. The monoisotopic (exact) mass is 417 g/mol. The predicted octanol–water partition coefficient (Wildman–Crippen LogP) is 4.23. The summed E-state index contributed by atoms with van der Waals surface area (Å²) in [6.07, 6.45) is 11.0. The molecule has 1 aliphatic heterocycles. The summed E-state index contributed by atoms with van der Waals surface area (Å²) in [7, 11) is 0. The number of hydrazine groups is 1. The topological polar surface area (TPSA) is 90.5 Å². The van der Waals surface area contributed by atoms with Gasteiger partial charge in [0.1, 0.15) is 17.0 Å². The zero-order chi connectivity index (χ0) is 19.9. The third kappa shape index (κ3) is 3.30. The van der Waals surface area contributed by atoms with E-state index in [1.54, 1.807) is 6.20 Å². The highest BCUT2D eigenvalue weighted by atomic mass is 32.2. The number of nitrogens with one attached hydrogen (secondary N) is 4. The van der Waals surface area contributed by atoms with Crippen LogP contribution in [0, 0.1) is 5.92 Å². The highest BCUT2D eigenvalue weighted by molar-refractivity contribution is 8.00. The third-order valence-electron chi connectivity index (χ3n) is 6.05. The lowest BCUT2D eigenvalue weighted by Gasteiger charge is -2.16. The van der Waals surface area contributed by atoms with Gasteiger partial charge >= 0.3 is 0 Å². The second kappa shape index (κ2) is 7.54. The van der Waals surface area contributed by atoms with Crippen LogP contribution in [0.25, 0.3) is 33.2 Å². The second-order valence-corrected chi connectivity index (χ2v) is 9.23. The average Bonchev–Trinajstić information content (AvgIpc) is 3.53. The van der Waals surface area contributed by atoms with Crippen LogP contribution in [0.1, 0.15) is 25.7 Å². The van der Waals surface area contributed by atoms with E-state index in [-0.39, 0.29) is 5.50 Å². The minimum absolute atomic E-state index is 0.108. The van der Waals surface area contributed by atoms with Crippen LogP contribution in [0.15, 0.2) is 48.9 Å². The van der Waals surface area contributed by atoms with Gasteiger partial charge in [0.15, 0.2) is 0 Å². The SMILES string of the molecule is c1cnc2[nH]cc(-c3cnc4ccc(NC5NNC(C6CCCC6)S5)nc4c3)c2c1. The summed E-state index contributed by atoms with van der Waals surface area (Å²) >= 11 is 1.91. The maximum Gasteiger partial charge on any atom is 0.141 e. The maximum atomic E-state index is 4.83. The Morgan fingerprint density at radius 1 is 1.03 bits per heavy atom. The van der Waals surface area contributed by atoms with E-state index in [2.05, 4.69) is 43.3 Å². The van der Waals surface area contributed by atoms with Gasteiger partial charge in [-0.15, -0.1) is 0 Å². The van der Waals surface area contributed by atoms with Crippen molar-refractivity contribution >= 4 is 39.6 Å². The molecule has 30 heavy (non-hydrogen) atoms. The second-order valence-electron chi connectivity index (χ2n) is 7.97. The molecule has 6 rings (SSSR count). The summed E-state index contributed by atoms with van der Waals surface area (Å²) in [5.41, 5.74) is 11.7. The fourth-order valence-electron chi connectivity index (χ4n) is 4.50. The molecule has 5 heterocycles. The predicted molar refractivity (Wildman–Crippen MR) is 122 cm³/mol. The highest BCUT2D eigenvalue weighted by Crippen LogP contribution is 2.36. The molecule has 1 saturated heterocycles. The lowest BCUT2D eigenvalue weighted by atomic mass is 10.1. The van der Waals surface area contributed by atoms with Crippen LogP contribution in [0.2, 0.25) is 0 Å². The minimum Gasteiger partial charge on any atom is -0.346 e. The molecule has 0 spiro atoms. The quantitative estimate of drug-likeness (QED) is 0.395.